The van der Waals surface area contributed by atoms with Gasteiger partial charge >= 0.3 is 5.97 Å². The van der Waals surface area contributed by atoms with E-state index >= 15 is 0 Å². The normalized spacial score (nSPS) is 34.2. The number of carbonyl (C=O) groups is 1. The molecule has 1 fully saturated rings. The quantitative estimate of drug-likeness (QED) is 0.652. The van der Waals surface area contributed by atoms with Gasteiger partial charge in [-0.1, -0.05) is 12.2 Å². The standard InChI is InChI=1S/C10H16O3/c1-2-3-8-7(6-10(12)13)4-5-9(8)11/h2-3,7-9,11H,4-6H2,1H3,(H,12,13). The van der Waals surface area contributed by atoms with E-state index in [9.17, 15) is 9.90 Å². The minimum atomic E-state index is -0.770. The topological polar surface area (TPSA) is 57.5 Å². The first-order valence-corrected chi connectivity index (χ1v) is 4.67. The summed E-state index contributed by atoms with van der Waals surface area (Å²) in [5.41, 5.74) is 0. The number of hydrogen-bond acceptors (Lipinski definition) is 2. The number of aliphatic carboxylic acids is 1. The molecule has 0 heterocycles. The number of aliphatic hydroxyl groups is 1. The SMILES string of the molecule is CC=CC1C(O)CCC1CC(=O)O. The highest BCUT2D eigenvalue weighted by Gasteiger charge is 2.33. The van der Waals surface area contributed by atoms with Gasteiger partial charge in [-0.15, -0.1) is 0 Å². The van der Waals surface area contributed by atoms with Crippen LogP contribution in [0.5, 0.6) is 0 Å². The molecule has 1 rings (SSSR count). The van der Waals surface area contributed by atoms with Gasteiger partial charge in [-0.3, -0.25) is 4.79 Å². The van der Waals surface area contributed by atoms with Gasteiger partial charge < -0.3 is 10.2 Å². The van der Waals surface area contributed by atoms with Crippen LogP contribution in [0, 0.1) is 11.8 Å². The van der Waals surface area contributed by atoms with E-state index in [0.717, 1.165) is 12.8 Å². The van der Waals surface area contributed by atoms with Gasteiger partial charge in [0, 0.05) is 12.3 Å². The van der Waals surface area contributed by atoms with Crippen LogP contribution in [0.3, 0.4) is 0 Å². The highest BCUT2D eigenvalue weighted by atomic mass is 16.4. The predicted molar refractivity (Wildman–Crippen MR) is 49.3 cm³/mol. The molecule has 0 aromatic carbocycles. The summed E-state index contributed by atoms with van der Waals surface area (Å²) in [4.78, 5) is 10.5. The summed E-state index contributed by atoms with van der Waals surface area (Å²) in [6.45, 7) is 1.89. The molecule has 0 spiro atoms. The molecule has 0 aromatic heterocycles. The molecule has 74 valence electrons. The first-order valence-electron chi connectivity index (χ1n) is 4.67. The van der Waals surface area contributed by atoms with Crippen molar-refractivity contribution in [1.29, 1.82) is 0 Å². The summed E-state index contributed by atoms with van der Waals surface area (Å²) in [6, 6.07) is 0. The lowest BCUT2D eigenvalue weighted by atomic mass is 9.91. The Kier molecular flexibility index (Phi) is 3.48. The van der Waals surface area contributed by atoms with E-state index in [2.05, 4.69) is 0 Å². The molecule has 1 aliphatic rings. The number of hydrogen-bond donors (Lipinski definition) is 2. The largest absolute Gasteiger partial charge is 0.481 e. The van der Waals surface area contributed by atoms with E-state index in [1.54, 1.807) is 0 Å². The van der Waals surface area contributed by atoms with Gasteiger partial charge in [0.05, 0.1) is 6.10 Å². The molecule has 1 saturated carbocycles. The molecule has 3 nitrogen and oxygen atoms in total. The van der Waals surface area contributed by atoms with Gasteiger partial charge in [0.1, 0.15) is 0 Å². The van der Waals surface area contributed by atoms with Crippen molar-refractivity contribution in [2.75, 3.05) is 0 Å². The predicted octanol–water partition coefficient (Wildman–Crippen LogP) is 1.42. The summed E-state index contributed by atoms with van der Waals surface area (Å²) in [7, 11) is 0. The van der Waals surface area contributed by atoms with Crippen molar-refractivity contribution in [3.8, 4) is 0 Å². The minimum absolute atomic E-state index is 0.0427. The van der Waals surface area contributed by atoms with Gasteiger partial charge in [0.15, 0.2) is 0 Å². The zero-order chi connectivity index (χ0) is 9.84. The van der Waals surface area contributed by atoms with Crippen LogP contribution in [0.15, 0.2) is 12.2 Å². The van der Waals surface area contributed by atoms with Crippen LogP contribution in [0.2, 0.25) is 0 Å². The van der Waals surface area contributed by atoms with Crippen LogP contribution in [0.4, 0.5) is 0 Å². The second kappa shape index (κ2) is 4.42. The average molecular weight is 184 g/mol. The molecular formula is C10H16O3. The van der Waals surface area contributed by atoms with Crippen molar-refractivity contribution >= 4 is 5.97 Å². The fraction of sp³-hybridized carbons (Fsp3) is 0.700. The maximum Gasteiger partial charge on any atom is 0.303 e. The minimum Gasteiger partial charge on any atom is -0.481 e. The lowest BCUT2D eigenvalue weighted by molar-refractivity contribution is -0.138. The first kappa shape index (κ1) is 10.3. The molecule has 0 aromatic rings. The summed E-state index contributed by atoms with van der Waals surface area (Å²) >= 11 is 0. The van der Waals surface area contributed by atoms with Crippen LogP contribution in [0.25, 0.3) is 0 Å². The molecule has 0 aliphatic heterocycles. The van der Waals surface area contributed by atoms with Crippen molar-refractivity contribution in [2.45, 2.75) is 32.3 Å². The Morgan fingerprint density at radius 2 is 2.23 bits per heavy atom. The fourth-order valence-electron chi connectivity index (χ4n) is 2.05. The molecule has 3 heteroatoms. The molecule has 13 heavy (non-hydrogen) atoms. The van der Waals surface area contributed by atoms with E-state index in [1.165, 1.54) is 0 Å². The van der Waals surface area contributed by atoms with Gasteiger partial charge in [0.25, 0.3) is 0 Å². The van der Waals surface area contributed by atoms with E-state index in [1.807, 2.05) is 19.1 Å². The van der Waals surface area contributed by atoms with E-state index in [-0.39, 0.29) is 24.4 Å². The van der Waals surface area contributed by atoms with Gasteiger partial charge in [-0.2, -0.15) is 0 Å². The molecule has 0 saturated heterocycles. The van der Waals surface area contributed by atoms with Gasteiger partial charge in [0.2, 0.25) is 0 Å². The Morgan fingerprint density at radius 1 is 1.54 bits per heavy atom. The van der Waals surface area contributed by atoms with Crippen molar-refractivity contribution < 1.29 is 15.0 Å². The molecular weight excluding hydrogens is 168 g/mol. The highest BCUT2D eigenvalue weighted by molar-refractivity contribution is 5.67. The third-order valence-corrected chi connectivity index (χ3v) is 2.67. The van der Waals surface area contributed by atoms with Crippen LogP contribution in [-0.2, 0) is 4.79 Å². The number of carboxylic acid groups (broad SMARTS) is 1. The Bertz CT molecular complexity index is 210. The van der Waals surface area contributed by atoms with E-state index in [4.69, 9.17) is 5.11 Å². The summed E-state index contributed by atoms with van der Waals surface area (Å²) < 4.78 is 0. The Hall–Kier alpha value is -0.830. The second-order valence-electron chi connectivity index (χ2n) is 3.61. The molecule has 3 unspecified atom stereocenters. The monoisotopic (exact) mass is 184 g/mol. The summed E-state index contributed by atoms with van der Waals surface area (Å²) in [5.74, 6) is -0.613. The molecule has 0 bridgehead atoms. The van der Waals surface area contributed by atoms with Gasteiger partial charge in [-0.25, -0.2) is 0 Å². The van der Waals surface area contributed by atoms with Crippen molar-refractivity contribution in [3.05, 3.63) is 12.2 Å². The second-order valence-corrected chi connectivity index (χ2v) is 3.61. The third-order valence-electron chi connectivity index (χ3n) is 2.67. The summed E-state index contributed by atoms with van der Waals surface area (Å²) in [5, 5.41) is 18.2. The van der Waals surface area contributed by atoms with Crippen molar-refractivity contribution in [3.63, 3.8) is 0 Å². The summed E-state index contributed by atoms with van der Waals surface area (Å²) in [6.07, 6.45) is 5.18. The third kappa shape index (κ3) is 2.56. The van der Waals surface area contributed by atoms with Crippen molar-refractivity contribution in [2.24, 2.45) is 11.8 Å². The Labute approximate surface area is 78.1 Å². The van der Waals surface area contributed by atoms with Crippen LogP contribution in [0.1, 0.15) is 26.2 Å². The lowest BCUT2D eigenvalue weighted by Gasteiger charge is -2.16. The maximum atomic E-state index is 10.5. The molecule has 3 atom stereocenters. The average Bonchev–Trinajstić information content (AvgIpc) is 2.35. The van der Waals surface area contributed by atoms with Crippen molar-refractivity contribution in [1.82, 2.24) is 0 Å². The smallest absolute Gasteiger partial charge is 0.303 e. The van der Waals surface area contributed by atoms with E-state index < -0.39 is 5.97 Å². The van der Waals surface area contributed by atoms with Crippen LogP contribution in [-0.4, -0.2) is 22.3 Å². The zero-order valence-corrected chi connectivity index (χ0v) is 7.81. The lowest BCUT2D eigenvalue weighted by Crippen LogP contribution is -2.18. The van der Waals surface area contributed by atoms with Crippen LogP contribution >= 0.6 is 0 Å². The Balaban J connectivity index is 2.58. The number of rotatable bonds is 3. The molecule has 0 amide bonds. The first-order chi connectivity index (χ1) is 6.15. The number of carboxylic acids is 1. The highest BCUT2D eigenvalue weighted by Crippen LogP contribution is 2.35. The number of aliphatic hydroxyl groups excluding tert-OH is 1. The molecule has 2 N–H and O–H groups in total. The number of allylic oxidation sites excluding steroid dienone is 1. The van der Waals surface area contributed by atoms with Crippen LogP contribution < -0.4 is 0 Å². The van der Waals surface area contributed by atoms with E-state index in [0.29, 0.717) is 0 Å². The maximum absolute atomic E-state index is 10.5. The molecule has 1 aliphatic carbocycles. The fourth-order valence-corrected chi connectivity index (χ4v) is 2.05. The zero-order valence-electron chi connectivity index (χ0n) is 7.81. The van der Waals surface area contributed by atoms with Gasteiger partial charge in [-0.05, 0) is 25.7 Å². The Morgan fingerprint density at radius 3 is 2.77 bits per heavy atom. The molecule has 0 radical (unpaired) electrons.